The maximum atomic E-state index is 13.0. The maximum absolute atomic E-state index is 13.0. The summed E-state index contributed by atoms with van der Waals surface area (Å²) in [5.74, 6) is -0.422. The fourth-order valence-corrected chi connectivity index (χ4v) is 3.71. The van der Waals surface area contributed by atoms with E-state index in [1.54, 1.807) is 60.3 Å². The van der Waals surface area contributed by atoms with Crippen LogP contribution in [0.15, 0.2) is 66.9 Å². The van der Waals surface area contributed by atoms with Crippen LogP contribution in [0.1, 0.15) is 34.5 Å². The van der Waals surface area contributed by atoms with Crippen LogP contribution in [0.4, 0.5) is 13.2 Å². The van der Waals surface area contributed by atoms with Crippen LogP contribution in [-0.4, -0.2) is 15.7 Å². The average molecular weight is 478 g/mol. The van der Waals surface area contributed by atoms with Crippen LogP contribution in [0.2, 0.25) is 10.0 Å². The van der Waals surface area contributed by atoms with E-state index in [-0.39, 0.29) is 0 Å². The highest BCUT2D eigenvalue weighted by molar-refractivity contribution is 6.42. The van der Waals surface area contributed by atoms with Crippen molar-refractivity contribution in [2.24, 2.45) is 0 Å². The van der Waals surface area contributed by atoms with Gasteiger partial charge in [-0.2, -0.15) is 18.3 Å². The predicted octanol–water partition coefficient (Wildman–Crippen LogP) is 6.84. The van der Waals surface area contributed by atoms with Gasteiger partial charge in [0.05, 0.1) is 44.6 Å². The van der Waals surface area contributed by atoms with Gasteiger partial charge >= 0.3 is 6.18 Å². The van der Waals surface area contributed by atoms with E-state index >= 15 is 0 Å². The van der Waals surface area contributed by atoms with Gasteiger partial charge in [-0.05, 0) is 55.0 Å². The second-order valence-electron chi connectivity index (χ2n) is 7.21. The SMILES string of the molecule is C[C@@H](NC(=O)c1cccc2c1cnn2-c1ccc(Cl)c(Cl)c1)c1cccc(C(F)(F)F)c1. The summed E-state index contributed by atoms with van der Waals surface area (Å²) < 4.78 is 40.7. The molecule has 9 heteroatoms. The molecular weight excluding hydrogens is 462 g/mol. The van der Waals surface area contributed by atoms with Crippen molar-refractivity contribution in [3.05, 3.63) is 93.6 Å². The second-order valence-corrected chi connectivity index (χ2v) is 8.03. The van der Waals surface area contributed by atoms with Gasteiger partial charge in [-0.1, -0.05) is 41.4 Å². The van der Waals surface area contributed by atoms with Crippen molar-refractivity contribution < 1.29 is 18.0 Å². The summed E-state index contributed by atoms with van der Waals surface area (Å²) in [5.41, 5.74) is 1.28. The molecule has 0 radical (unpaired) electrons. The molecule has 0 spiro atoms. The number of benzene rings is 3. The molecule has 4 aromatic rings. The first-order chi connectivity index (χ1) is 15.1. The van der Waals surface area contributed by atoms with Crippen LogP contribution in [0.3, 0.4) is 0 Å². The number of carbonyl (C=O) groups is 1. The van der Waals surface area contributed by atoms with Gasteiger partial charge in [0.15, 0.2) is 0 Å². The third kappa shape index (κ3) is 4.31. The lowest BCUT2D eigenvalue weighted by atomic mass is 10.0. The molecule has 1 N–H and O–H groups in total. The summed E-state index contributed by atoms with van der Waals surface area (Å²) in [6, 6.07) is 14.5. The number of carbonyl (C=O) groups excluding carboxylic acids is 1. The molecule has 4 nitrogen and oxygen atoms in total. The molecule has 0 fully saturated rings. The van der Waals surface area contributed by atoms with Gasteiger partial charge in [0.25, 0.3) is 5.91 Å². The average Bonchev–Trinajstić information content (AvgIpc) is 3.19. The number of alkyl halides is 3. The van der Waals surface area contributed by atoms with Crippen LogP contribution in [0.25, 0.3) is 16.6 Å². The number of amides is 1. The standard InChI is InChI=1S/C23H16Cl2F3N3O/c1-13(14-4-2-5-15(10-14)23(26,27)28)30-22(32)17-6-3-7-21-18(17)12-29-31(21)16-8-9-19(24)20(25)11-16/h2-13H,1H3,(H,30,32)/t13-/m1/s1. The molecule has 1 atom stereocenters. The van der Waals surface area contributed by atoms with Gasteiger partial charge in [-0.3, -0.25) is 4.79 Å². The maximum Gasteiger partial charge on any atom is 0.416 e. The zero-order chi connectivity index (χ0) is 23.0. The van der Waals surface area contributed by atoms with Crippen molar-refractivity contribution in [1.82, 2.24) is 15.1 Å². The molecule has 1 amide bonds. The summed E-state index contributed by atoms with van der Waals surface area (Å²) in [7, 11) is 0. The first-order valence-corrected chi connectivity index (χ1v) is 10.3. The number of halogens is 5. The van der Waals surface area contributed by atoms with Crippen LogP contribution in [0.5, 0.6) is 0 Å². The Hall–Kier alpha value is -3.03. The van der Waals surface area contributed by atoms with Crippen molar-refractivity contribution in [2.75, 3.05) is 0 Å². The summed E-state index contributed by atoms with van der Waals surface area (Å²) in [5, 5.41) is 8.51. The molecule has 3 aromatic carbocycles. The molecule has 0 aliphatic rings. The molecule has 0 aliphatic carbocycles. The van der Waals surface area contributed by atoms with Crippen molar-refractivity contribution in [1.29, 1.82) is 0 Å². The minimum Gasteiger partial charge on any atom is -0.345 e. The van der Waals surface area contributed by atoms with Gasteiger partial charge in [0, 0.05) is 5.39 Å². The predicted molar refractivity (Wildman–Crippen MR) is 118 cm³/mol. The second kappa shape index (κ2) is 8.48. The molecule has 0 aliphatic heterocycles. The number of hydrogen-bond acceptors (Lipinski definition) is 2. The Morgan fingerprint density at radius 3 is 2.50 bits per heavy atom. The highest BCUT2D eigenvalue weighted by Gasteiger charge is 2.30. The zero-order valence-corrected chi connectivity index (χ0v) is 18.1. The van der Waals surface area contributed by atoms with Gasteiger partial charge in [-0.25, -0.2) is 4.68 Å². The fraction of sp³-hybridized carbons (Fsp3) is 0.130. The van der Waals surface area contributed by atoms with E-state index in [0.717, 1.165) is 12.1 Å². The van der Waals surface area contributed by atoms with Gasteiger partial charge in [0.2, 0.25) is 0 Å². The van der Waals surface area contributed by atoms with Gasteiger partial charge in [-0.15, -0.1) is 0 Å². The monoisotopic (exact) mass is 477 g/mol. The topological polar surface area (TPSA) is 46.9 Å². The van der Waals surface area contributed by atoms with E-state index in [2.05, 4.69) is 10.4 Å². The summed E-state index contributed by atoms with van der Waals surface area (Å²) >= 11 is 12.1. The number of aromatic nitrogens is 2. The minimum atomic E-state index is -4.45. The van der Waals surface area contributed by atoms with E-state index in [1.807, 2.05) is 0 Å². The van der Waals surface area contributed by atoms with E-state index in [9.17, 15) is 18.0 Å². The van der Waals surface area contributed by atoms with E-state index in [4.69, 9.17) is 23.2 Å². The number of rotatable bonds is 4. The molecule has 1 heterocycles. The van der Waals surface area contributed by atoms with E-state index in [0.29, 0.717) is 37.8 Å². The molecule has 0 bridgehead atoms. The Balaban J connectivity index is 1.63. The highest BCUT2D eigenvalue weighted by atomic mass is 35.5. The highest BCUT2D eigenvalue weighted by Crippen LogP contribution is 2.31. The normalized spacial score (nSPS) is 12.7. The number of nitrogens with one attached hydrogen (secondary N) is 1. The van der Waals surface area contributed by atoms with Crippen molar-refractivity contribution in [2.45, 2.75) is 19.1 Å². The first-order valence-electron chi connectivity index (χ1n) is 9.55. The Morgan fingerprint density at radius 2 is 1.78 bits per heavy atom. The third-order valence-corrected chi connectivity index (χ3v) is 5.81. The van der Waals surface area contributed by atoms with E-state index in [1.165, 1.54) is 6.07 Å². The molecule has 1 aromatic heterocycles. The Morgan fingerprint density at radius 1 is 1.03 bits per heavy atom. The lowest BCUT2D eigenvalue weighted by molar-refractivity contribution is -0.137. The van der Waals surface area contributed by atoms with Crippen LogP contribution < -0.4 is 5.32 Å². The molecule has 164 valence electrons. The molecule has 0 saturated carbocycles. The smallest absolute Gasteiger partial charge is 0.345 e. The molecule has 4 rings (SSSR count). The lowest BCUT2D eigenvalue weighted by Gasteiger charge is -2.16. The minimum absolute atomic E-state index is 0.354. The van der Waals surface area contributed by atoms with Crippen LogP contribution in [0, 0.1) is 0 Å². The van der Waals surface area contributed by atoms with Crippen LogP contribution in [-0.2, 0) is 6.18 Å². The number of nitrogens with zero attached hydrogens (tertiary/aromatic N) is 2. The third-order valence-electron chi connectivity index (χ3n) is 5.07. The lowest BCUT2D eigenvalue weighted by Crippen LogP contribution is -2.27. The Bertz CT molecular complexity index is 1320. The molecule has 0 saturated heterocycles. The Labute approximate surface area is 191 Å². The summed E-state index contributed by atoms with van der Waals surface area (Å²) in [6.45, 7) is 1.63. The van der Waals surface area contributed by atoms with Gasteiger partial charge < -0.3 is 5.32 Å². The van der Waals surface area contributed by atoms with Gasteiger partial charge in [0.1, 0.15) is 0 Å². The molecule has 32 heavy (non-hydrogen) atoms. The number of hydrogen-bond donors (Lipinski definition) is 1. The van der Waals surface area contributed by atoms with Crippen molar-refractivity contribution in [3.63, 3.8) is 0 Å². The quantitative estimate of drug-likeness (QED) is 0.349. The molecule has 0 unspecified atom stereocenters. The Kier molecular flexibility index (Phi) is 5.88. The van der Waals surface area contributed by atoms with Crippen molar-refractivity contribution in [3.8, 4) is 5.69 Å². The summed E-state index contributed by atoms with van der Waals surface area (Å²) in [6.07, 6.45) is -2.90. The molecular formula is C23H16Cl2F3N3O. The first kappa shape index (κ1) is 22.2. The fourth-order valence-electron chi connectivity index (χ4n) is 3.41. The zero-order valence-electron chi connectivity index (χ0n) is 16.6. The van der Waals surface area contributed by atoms with Crippen molar-refractivity contribution >= 4 is 40.0 Å². The largest absolute Gasteiger partial charge is 0.416 e. The number of fused-ring (bicyclic) bond motifs is 1. The summed E-state index contributed by atoms with van der Waals surface area (Å²) in [4.78, 5) is 13.0. The van der Waals surface area contributed by atoms with E-state index < -0.39 is 23.7 Å². The van der Waals surface area contributed by atoms with Crippen LogP contribution >= 0.6 is 23.2 Å².